The molecule has 0 saturated carbocycles. The summed E-state index contributed by atoms with van der Waals surface area (Å²) in [6.07, 6.45) is 11.0. The second-order valence-corrected chi connectivity index (χ2v) is 7.16. The van der Waals surface area contributed by atoms with Crippen molar-refractivity contribution in [3.8, 4) is 0 Å². The van der Waals surface area contributed by atoms with Crippen LogP contribution in [-0.2, 0) is 10.1 Å². The molecule has 4 nitrogen and oxygen atoms in total. The van der Waals surface area contributed by atoms with Crippen LogP contribution in [0.15, 0.2) is 0 Å². The Labute approximate surface area is 147 Å². The molecule has 2 atom stereocenters. The van der Waals surface area contributed by atoms with Crippen molar-refractivity contribution in [2.45, 2.75) is 90.0 Å². The molecule has 0 aliphatic rings. The van der Waals surface area contributed by atoms with Gasteiger partial charge in [-0.1, -0.05) is 58.3 Å². The number of rotatable bonds is 12. The third-order valence-electron chi connectivity index (χ3n) is 3.44. The fourth-order valence-electron chi connectivity index (χ4n) is 2.15. The summed E-state index contributed by atoms with van der Waals surface area (Å²) in [7, 11) is -4.21. The van der Waals surface area contributed by atoms with E-state index in [0.717, 1.165) is 12.8 Å². The predicted octanol–water partition coefficient (Wildman–Crippen LogP) is 0.391. The third kappa shape index (κ3) is 13.8. The van der Waals surface area contributed by atoms with Crippen molar-refractivity contribution in [1.29, 1.82) is 0 Å². The molecule has 6 heteroatoms. The second kappa shape index (κ2) is 13.5. The summed E-state index contributed by atoms with van der Waals surface area (Å²) in [5.74, 6) is 0. The van der Waals surface area contributed by atoms with E-state index in [1.807, 2.05) is 6.92 Å². The van der Waals surface area contributed by atoms with E-state index < -0.39 is 15.5 Å². The third-order valence-corrected chi connectivity index (χ3v) is 4.45. The van der Waals surface area contributed by atoms with E-state index in [2.05, 4.69) is 12.2 Å². The van der Waals surface area contributed by atoms with Crippen LogP contribution in [0.2, 0.25) is 0 Å². The number of hydrogen-bond donors (Lipinski definition) is 1. The SMILES string of the molecule is CCCCCCCCCCC(C)NC(C)S(=O)(=O)[O-].[Na+]. The van der Waals surface area contributed by atoms with E-state index in [4.69, 9.17) is 0 Å². The molecule has 0 aromatic rings. The van der Waals surface area contributed by atoms with E-state index in [0.29, 0.717) is 0 Å². The van der Waals surface area contributed by atoms with Crippen molar-refractivity contribution in [1.82, 2.24) is 5.32 Å². The Bertz CT molecular complexity index is 310. The second-order valence-electron chi connectivity index (χ2n) is 5.47. The van der Waals surface area contributed by atoms with Crippen molar-refractivity contribution < 1.29 is 42.5 Å². The van der Waals surface area contributed by atoms with E-state index in [1.54, 1.807) is 0 Å². The van der Waals surface area contributed by atoms with Gasteiger partial charge in [-0.25, -0.2) is 8.42 Å². The van der Waals surface area contributed by atoms with Crippen molar-refractivity contribution in [2.75, 3.05) is 0 Å². The van der Waals surface area contributed by atoms with Gasteiger partial charge in [0.1, 0.15) is 10.1 Å². The molecule has 0 amide bonds. The van der Waals surface area contributed by atoms with Gasteiger partial charge in [0, 0.05) is 6.04 Å². The maximum Gasteiger partial charge on any atom is 1.00 e. The quantitative estimate of drug-likeness (QED) is 0.321. The number of nitrogens with one attached hydrogen (secondary N) is 1. The van der Waals surface area contributed by atoms with Crippen LogP contribution in [0.1, 0.15) is 78.6 Å². The Balaban J connectivity index is 0. The average molecular weight is 315 g/mol. The van der Waals surface area contributed by atoms with Gasteiger partial charge in [0.25, 0.3) is 0 Å². The summed E-state index contributed by atoms with van der Waals surface area (Å²) in [4.78, 5) is 0. The summed E-state index contributed by atoms with van der Waals surface area (Å²) in [5, 5.41) is 1.85. The Morgan fingerprint density at radius 2 is 1.40 bits per heavy atom. The van der Waals surface area contributed by atoms with Crippen molar-refractivity contribution in [3.05, 3.63) is 0 Å². The molecule has 2 unspecified atom stereocenters. The molecule has 0 bridgehead atoms. The Kier molecular flexibility index (Phi) is 15.7. The van der Waals surface area contributed by atoms with E-state index in [-0.39, 0.29) is 35.6 Å². The van der Waals surface area contributed by atoms with E-state index in [1.165, 1.54) is 51.9 Å². The molecular weight excluding hydrogens is 285 g/mol. The van der Waals surface area contributed by atoms with Crippen LogP contribution >= 0.6 is 0 Å². The van der Waals surface area contributed by atoms with Gasteiger partial charge in [-0.2, -0.15) is 0 Å². The van der Waals surface area contributed by atoms with Crippen molar-refractivity contribution in [3.63, 3.8) is 0 Å². The fourth-order valence-corrected chi connectivity index (χ4v) is 2.55. The Hall–Kier alpha value is 0.870. The van der Waals surface area contributed by atoms with Gasteiger partial charge in [0.05, 0.1) is 5.37 Å². The molecule has 0 aromatic heterocycles. The Morgan fingerprint density at radius 1 is 0.950 bits per heavy atom. The van der Waals surface area contributed by atoms with Crippen LogP contribution < -0.4 is 34.9 Å². The molecule has 116 valence electrons. The minimum absolute atomic E-state index is 0. The van der Waals surface area contributed by atoms with Crippen molar-refractivity contribution >= 4 is 10.1 Å². The monoisotopic (exact) mass is 315 g/mol. The van der Waals surface area contributed by atoms with Crippen LogP contribution in [-0.4, -0.2) is 24.4 Å². The summed E-state index contributed by atoms with van der Waals surface area (Å²) >= 11 is 0. The minimum atomic E-state index is -4.21. The van der Waals surface area contributed by atoms with Gasteiger partial charge in [0.15, 0.2) is 0 Å². The number of hydrogen-bond acceptors (Lipinski definition) is 4. The molecule has 0 aliphatic heterocycles. The van der Waals surface area contributed by atoms with Crippen LogP contribution in [0.5, 0.6) is 0 Å². The van der Waals surface area contributed by atoms with Gasteiger partial charge in [0.2, 0.25) is 0 Å². The molecule has 0 radical (unpaired) electrons. The molecule has 0 spiro atoms. The molecule has 0 heterocycles. The molecule has 20 heavy (non-hydrogen) atoms. The smallest absolute Gasteiger partial charge is 0.747 e. The molecular formula is C14H30NNaO3S. The first-order valence-corrected chi connectivity index (χ1v) is 9.05. The first kappa shape index (κ1) is 23.1. The zero-order valence-electron chi connectivity index (χ0n) is 13.7. The summed E-state index contributed by atoms with van der Waals surface area (Å²) in [6.45, 7) is 5.56. The first-order chi connectivity index (χ1) is 8.88. The molecule has 0 aliphatic carbocycles. The van der Waals surface area contributed by atoms with Crippen LogP contribution in [0.25, 0.3) is 0 Å². The van der Waals surface area contributed by atoms with E-state index in [9.17, 15) is 13.0 Å². The van der Waals surface area contributed by atoms with Crippen molar-refractivity contribution in [2.24, 2.45) is 0 Å². The standard InChI is InChI=1S/C14H31NO3S.Na/c1-4-5-6-7-8-9-10-11-12-13(2)15-14(3)19(16,17)18;/h13-15H,4-12H2,1-3H3,(H,16,17,18);/q;+1/p-1. The molecule has 1 N–H and O–H groups in total. The zero-order chi connectivity index (χ0) is 14.7. The molecule has 0 fully saturated rings. The van der Waals surface area contributed by atoms with Gasteiger partial charge < -0.3 is 4.55 Å². The maximum absolute atomic E-state index is 10.8. The molecule has 0 aromatic carbocycles. The zero-order valence-corrected chi connectivity index (χ0v) is 16.5. The molecule has 0 rings (SSSR count). The summed E-state index contributed by atoms with van der Waals surface area (Å²) < 4.78 is 32.3. The van der Waals surface area contributed by atoms with E-state index >= 15 is 0 Å². The largest absolute Gasteiger partial charge is 1.00 e. The summed E-state index contributed by atoms with van der Waals surface area (Å²) in [6, 6.07) is 0.0822. The Morgan fingerprint density at radius 3 is 1.85 bits per heavy atom. The van der Waals surface area contributed by atoms with Crippen LogP contribution in [0, 0.1) is 0 Å². The maximum atomic E-state index is 10.8. The van der Waals surface area contributed by atoms with Gasteiger partial charge in [-0.05, 0) is 20.3 Å². The fraction of sp³-hybridized carbons (Fsp3) is 1.00. The van der Waals surface area contributed by atoms with Crippen LogP contribution in [0.3, 0.4) is 0 Å². The first-order valence-electron chi connectivity index (χ1n) is 7.58. The predicted molar refractivity (Wildman–Crippen MR) is 79.0 cm³/mol. The minimum Gasteiger partial charge on any atom is -0.747 e. The normalized spacial score (nSPS) is 14.6. The van der Waals surface area contributed by atoms with Gasteiger partial charge >= 0.3 is 29.6 Å². The topological polar surface area (TPSA) is 69.2 Å². The van der Waals surface area contributed by atoms with Crippen LogP contribution in [0.4, 0.5) is 0 Å². The number of unbranched alkanes of at least 4 members (excludes halogenated alkanes) is 7. The summed E-state index contributed by atoms with van der Waals surface area (Å²) in [5.41, 5.74) is 0. The van der Waals surface area contributed by atoms with Gasteiger partial charge in [-0.3, -0.25) is 5.32 Å². The van der Waals surface area contributed by atoms with Gasteiger partial charge in [-0.15, -0.1) is 0 Å². The molecule has 0 saturated heterocycles. The average Bonchev–Trinajstić information content (AvgIpc) is 2.31.